The highest BCUT2D eigenvalue weighted by molar-refractivity contribution is 7.89. The van der Waals surface area contributed by atoms with Crippen LogP contribution < -0.4 is 10.0 Å². The van der Waals surface area contributed by atoms with Crippen LogP contribution in [0.5, 0.6) is 0 Å². The van der Waals surface area contributed by atoms with Gasteiger partial charge in [-0.15, -0.1) is 11.3 Å². The molecule has 1 heterocycles. The van der Waals surface area contributed by atoms with E-state index in [1.807, 2.05) is 0 Å². The topological polar surface area (TPSA) is 58.2 Å². The molecule has 1 aromatic carbocycles. The Kier molecular flexibility index (Phi) is 5.04. The van der Waals surface area contributed by atoms with Crippen LogP contribution in [0.4, 0.5) is 8.78 Å². The second-order valence-electron chi connectivity index (χ2n) is 4.31. The largest absolute Gasteiger partial charge is 0.315 e. The lowest BCUT2D eigenvalue weighted by atomic mass is 10.2. The fourth-order valence-corrected chi connectivity index (χ4v) is 4.23. The van der Waals surface area contributed by atoms with Crippen molar-refractivity contribution in [1.29, 1.82) is 0 Å². The normalized spacial score (nSPS) is 11.8. The number of nitrogens with one attached hydrogen (secondary N) is 2. The summed E-state index contributed by atoms with van der Waals surface area (Å²) >= 11 is 1.34. The van der Waals surface area contributed by atoms with Gasteiger partial charge in [0.05, 0.1) is 4.90 Å². The third-order valence-electron chi connectivity index (χ3n) is 2.78. The van der Waals surface area contributed by atoms with Gasteiger partial charge < -0.3 is 5.32 Å². The van der Waals surface area contributed by atoms with E-state index in [0.29, 0.717) is 17.0 Å². The van der Waals surface area contributed by atoms with Crippen molar-refractivity contribution in [3.63, 3.8) is 0 Å². The molecule has 2 aromatic rings. The first-order valence-electron chi connectivity index (χ1n) is 6.08. The summed E-state index contributed by atoms with van der Waals surface area (Å²) in [5.74, 6) is -1.96. The first-order chi connectivity index (χ1) is 9.94. The van der Waals surface area contributed by atoms with Crippen molar-refractivity contribution >= 4 is 21.4 Å². The molecular weight excluding hydrogens is 318 g/mol. The van der Waals surface area contributed by atoms with Crippen LogP contribution in [-0.4, -0.2) is 15.5 Å². The molecule has 4 nitrogen and oxygen atoms in total. The molecule has 0 atom stereocenters. The third kappa shape index (κ3) is 3.85. The Bertz CT molecular complexity index is 730. The molecule has 0 saturated carbocycles. The van der Waals surface area contributed by atoms with E-state index in [1.54, 1.807) is 12.4 Å². The molecule has 0 radical (unpaired) electrons. The van der Waals surface area contributed by atoms with Gasteiger partial charge in [0.15, 0.2) is 11.6 Å². The Morgan fingerprint density at radius 3 is 2.57 bits per heavy atom. The highest BCUT2D eigenvalue weighted by atomic mass is 32.2. The monoisotopic (exact) mass is 332 g/mol. The molecule has 0 fully saturated rings. The minimum atomic E-state index is -3.69. The number of hydrogen-bond donors (Lipinski definition) is 2. The Morgan fingerprint density at radius 2 is 1.90 bits per heavy atom. The number of rotatable bonds is 6. The van der Waals surface area contributed by atoms with Gasteiger partial charge in [0.2, 0.25) is 10.0 Å². The van der Waals surface area contributed by atoms with E-state index >= 15 is 0 Å². The summed E-state index contributed by atoms with van der Waals surface area (Å²) in [7, 11) is -1.96. The third-order valence-corrected chi connectivity index (χ3v) is 5.32. The lowest BCUT2D eigenvalue weighted by Gasteiger charge is -2.08. The van der Waals surface area contributed by atoms with Gasteiger partial charge in [-0.1, -0.05) is 6.07 Å². The summed E-state index contributed by atoms with van der Waals surface area (Å²) < 4.78 is 52.7. The van der Waals surface area contributed by atoms with Crippen molar-refractivity contribution in [2.45, 2.75) is 18.0 Å². The SMILES string of the molecule is CNCc1sccc1S(=O)(=O)NCc1ccc(F)c(F)c1. The van der Waals surface area contributed by atoms with Gasteiger partial charge in [0, 0.05) is 18.0 Å². The van der Waals surface area contributed by atoms with Crippen LogP contribution in [0.25, 0.3) is 0 Å². The highest BCUT2D eigenvalue weighted by Crippen LogP contribution is 2.22. The van der Waals surface area contributed by atoms with E-state index in [2.05, 4.69) is 10.0 Å². The molecule has 0 unspecified atom stereocenters. The summed E-state index contributed by atoms with van der Waals surface area (Å²) in [4.78, 5) is 0.889. The summed E-state index contributed by atoms with van der Waals surface area (Å²) in [6, 6.07) is 4.80. The maximum atomic E-state index is 13.1. The van der Waals surface area contributed by atoms with Crippen molar-refractivity contribution in [2.75, 3.05) is 7.05 Å². The van der Waals surface area contributed by atoms with Crippen LogP contribution in [0, 0.1) is 11.6 Å². The van der Waals surface area contributed by atoms with Crippen LogP contribution in [0.3, 0.4) is 0 Å². The number of halogens is 2. The molecule has 0 spiro atoms. The maximum Gasteiger partial charge on any atom is 0.242 e. The molecule has 0 aliphatic heterocycles. The summed E-state index contributed by atoms with van der Waals surface area (Å²) in [6.45, 7) is 0.341. The highest BCUT2D eigenvalue weighted by Gasteiger charge is 2.19. The fraction of sp³-hybridized carbons (Fsp3) is 0.231. The summed E-state index contributed by atoms with van der Waals surface area (Å²) in [5.41, 5.74) is 0.350. The molecule has 114 valence electrons. The first kappa shape index (κ1) is 16.0. The molecule has 0 saturated heterocycles. The van der Waals surface area contributed by atoms with Crippen molar-refractivity contribution in [3.8, 4) is 0 Å². The number of benzene rings is 1. The van der Waals surface area contributed by atoms with Gasteiger partial charge >= 0.3 is 0 Å². The Morgan fingerprint density at radius 1 is 1.14 bits per heavy atom. The molecule has 2 N–H and O–H groups in total. The predicted molar refractivity (Wildman–Crippen MR) is 77.5 cm³/mol. The molecule has 0 amide bonds. The van der Waals surface area contributed by atoms with Gasteiger partial charge in [-0.3, -0.25) is 0 Å². The van der Waals surface area contributed by atoms with Crippen molar-refractivity contribution < 1.29 is 17.2 Å². The van der Waals surface area contributed by atoms with Crippen molar-refractivity contribution in [2.24, 2.45) is 0 Å². The zero-order chi connectivity index (χ0) is 15.5. The smallest absolute Gasteiger partial charge is 0.242 e. The fourth-order valence-electron chi connectivity index (χ4n) is 1.76. The van der Waals surface area contributed by atoms with E-state index in [4.69, 9.17) is 0 Å². The van der Waals surface area contributed by atoms with Gasteiger partial charge in [0.25, 0.3) is 0 Å². The van der Waals surface area contributed by atoms with Gasteiger partial charge in [-0.25, -0.2) is 21.9 Å². The van der Waals surface area contributed by atoms with Crippen LogP contribution in [0.1, 0.15) is 10.4 Å². The molecule has 0 bridgehead atoms. The van der Waals surface area contributed by atoms with E-state index in [0.717, 1.165) is 12.1 Å². The number of hydrogen-bond acceptors (Lipinski definition) is 4. The minimum absolute atomic E-state index is 0.103. The maximum absolute atomic E-state index is 13.1. The average molecular weight is 332 g/mol. The predicted octanol–water partition coefficient (Wildman–Crippen LogP) is 2.22. The number of sulfonamides is 1. The van der Waals surface area contributed by atoms with Gasteiger partial charge in [-0.05, 0) is 36.2 Å². The standard InChI is InChI=1S/C13H14F2N2O2S2/c1-16-8-12-13(4-5-20-12)21(18,19)17-7-9-2-3-10(14)11(15)6-9/h2-6,16-17H,7-8H2,1H3. The Labute approximate surface area is 125 Å². The van der Waals surface area contributed by atoms with Crippen LogP contribution in [0.2, 0.25) is 0 Å². The Hall–Kier alpha value is -1.35. The number of thiophene rings is 1. The molecule has 21 heavy (non-hydrogen) atoms. The lowest BCUT2D eigenvalue weighted by Crippen LogP contribution is -2.24. The molecular formula is C13H14F2N2O2S2. The van der Waals surface area contributed by atoms with Crippen LogP contribution in [0.15, 0.2) is 34.5 Å². The molecule has 1 aromatic heterocycles. The van der Waals surface area contributed by atoms with Crippen molar-refractivity contribution in [3.05, 3.63) is 51.7 Å². The first-order valence-corrected chi connectivity index (χ1v) is 8.45. The molecule has 0 aliphatic carbocycles. The molecule has 0 aliphatic rings. The average Bonchev–Trinajstić information content (AvgIpc) is 2.90. The summed E-state index contributed by atoms with van der Waals surface area (Å²) in [5, 5.41) is 4.59. The van der Waals surface area contributed by atoms with E-state index in [9.17, 15) is 17.2 Å². The van der Waals surface area contributed by atoms with E-state index in [-0.39, 0.29) is 11.4 Å². The zero-order valence-electron chi connectivity index (χ0n) is 11.2. The molecule has 2 rings (SSSR count). The lowest BCUT2D eigenvalue weighted by molar-refractivity contribution is 0.506. The second kappa shape index (κ2) is 6.61. The van der Waals surface area contributed by atoms with Crippen LogP contribution >= 0.6 is 11.3 Å². The zero-order valence-corrected chi connectivity index (χ0v) is 12.8. The molecule has 8 heteroatoms. The van der Waals surface area contributed by atoms with Gasteiger partial charge in [-0.2, -0.15) is 0 Å². The van der Waals surface area contributed by atoms with E-state index < -0.39 is 21.7 Å². The quantitative estimate of drug-likeness (QED) is 0.853. The van der Waals surface area contributed by atoms with E-state index in [1.165, 1.54) is 23.5 Å². The summed E-state index contributed by atoms with van der Waals surface area (Å²) in [6.07, 6.45) is 0. The van der Waals surface area contributed by atoms with Gasteiger partial charge in [0.1, 0.15) is 0 Å². The minimum Gasteiger partial charge on any atom is -0.315 e. The van der Waals surface area contributed by atoms with Crippen molar-refractivity contribution in [1.82, 2.24) is 10.0 Å². The second-order valence-corrected chi connectivity index (χ2v) is 7.05. The Balaban J connectivity index is 2.14. The van der Waals surface area contributed by atoms with Crippen LogP contribution in [-0.2, 0) is 23.1 Å².